The fourth-order valence-corrected chi connectivity index (χ4v) is 3.25. The molecule has 1 heterocycles. The molecule has 0 unspecified atom stereocenters. The number of benzene rings is 2. The number of allylic oxidation sites excluding steroid dienone is 1. The molecule has 0 spiro atoms. The van der Waals surface area contributed by atoms with E-state index in [1.165, 1.54) is 16.3 Å². The average Bonchev–Trinajstić information content (AvgIpc) is 2.84. The third-order valence-electron chi connectivity index (χ3n) is 3.71. The Labute approximate surface area is 133 Å². The summed E-state index contributed by atoms with van der Waals surface area (Å²) >= 11 is 0.991. The number of nitrogens with one attached hydrogen (secondary N) is 1. The van der Waals surface area contributed by atoms with Crippen molar-refractivity contribution in [1.82, 2.24) is 5.32 Å². The van der Waals surface area contributed by atoms with Gasteiger partial charge in [0.1, 0.15) is 0 Å². The third kappa shape index (κ3) is 3.57. The zero-order valence-electron chi connectivity index (χ0n) is 12.2. The fourth-order valence-electron chi connectivity index (χ4n) is 2.56. The molecule has 0 aliphatic carbocycles. The lowest BCUT2D eigenvalue weighted by Gasteiger charge is -2.03. The van der Waals surface area contributed by atoms with E-state index in [1.807, 2.05) is 6.08 Å². The molecule has 1 fully saturated rings. The van der Waals surface area contributed by atoms with Crippen LogP contribution in [0.15, 0.2) is 53.4 Å². The minimum atomic E-state index is -0.271. The van der Waals surface area contributed by atoms with E-state index >= 15 is 0 Å². The summed E-state index contributed by atoms with van der Waals surface area (Å²) in [6.07, 6.45) is 5.81. The number of unbranched alkanes of at least 4 members (excludes halogenated alkanes) is 2. The highest BCUT2D eigenvalue weighted by atomic mass is 32.2. The number of thioether (sulfide) groups is 1. The van der Waals surface area contributed by atoms with E-state index in [0.717, 1.165) is 37.4 Å². The first-order valence-corrected chi connectivity index (χ1v) is 8.25. The van der Waals surface area contributed by atoms with Crippen molar-refractivity contribution >= 4 is 33.7 Å². The van der Waals surface area contributed by atoms with Gasteiger partial charge in [0.2, 0.25) is 0 Å². The van der Waals surface area contributed by atoms with Gasteiger partial charge in [-0.1, -0.05) is 48.5 Å². The maximum absolute atomic E-state index is 11.4. The monoisotopic (exact) mass is 311 g/mol. The molecular weight excluding hydrogens is 294 g/mol. The second kappa shape index (κ2) is 6.79. The van der Waals surface area contributed by atoms with E-state index in [9.17, 15) is 9.59 Å². The largest absolute Gasteiger partial charge is 0.290 e. The van der Waals surface area contributed by atoms with Crippen LogP contribution in [0.3, 0.4) is 0 Å². The van der Waals surface area contributed by atoms with Crippen molar-refractivity contribution < 1.29 is 9.59 Å². The molecule has 3 nitrogen and oxygen atoms in total. The molecular formula is C18H17NO2S. The van der Waals surface area contributed by atoms with Crippen LogP contribution in [0.1, 0.15) is 24.8 Å². The van der Waals surface area contributed by atoms with Crippen LogP contribution in [0.25, 0.3) is 10.8 Å². The number of rotatable bonds is 5. The molecule has 2 aromatic carbocycles. The van der Waals surface area contributed by atoms with Crippen molar-refractivity contribution in [3.05, 3.63) is 59.0 Å². The molecule has 22 heavy (non-hydrogen) atoms. The molecule has 2 aromatic rings. The smallest absolute Gasteiger partial charge is 0.282 e. The van der Waals surface area contributed by atoms with Crippen molar-refractivity contribution in [1.29, 1.82) is 0 Å². The number of imide groups is 1. The van der Waals surface area contributed by atoms with Crippen LogP contribution in [-0.2, 0) is 11.2 Å². The highest BCUT2D eigenvalue weighted by Gasteiger charge is 2.24. The first kappa shape index (κ1) is 14.9. The van der Waals surface area contributed by atoms with Crippen LogP contribution in [0.4, 0.5) is 4.79 Å². The van der Waals surface area contributed by atoms with Crippen molar-refractivity contribution in [2.24, 2.45) is 0 Å². The molecule has 0 radical (unpaired) electrons. The molecule has 0 atom stereocenters. The standard InChI is InChI=1S/C18H17NO2S/c20-17-16(22-18(21)19-17)9-3-1-2-6-13-10-11-14-7-4-5-8-15(14)12-13/h4-5,7-12H,1-3,6H2,(H,19,20,21). The minimum absolute atomic E-state index is 0.260. The number of hydrogen-bond acceptors (Lipinski definition) is 3. The van der Waals surface area contributed by atoms with Gasteiger partial charge in [-0.15, -0.1) is 0 Å². The number of hydrogen-bond donors (Lipinski definition) is 1. The van der Waals surface area contributed by atoms with Gasteiger partial charge in [0, 0.05) is 0 Å². The summed E-state index contributed by atoms with van der Waals surface area (Å²) in [5, 5.41) is 4.54. The molecule has 1 aliphatic heterocycles. The minimum Gasteiger partial charge on any atom is -0.282 e. The Morgan fingerprint density at radius 1 is 1.00 bits per heavy atom. The third-order valence-corrected chi connectivity index (χ3v) is 4.56. The van der Waals surface area contributed by atoms with Crippen molar-refractivity contribution in [3.63, 3.8) is 0 Å². The van der Waals surface area contributed by atoms with E-state index in [1.54, 1.807) is 0 Å². The number of carbonyl (C=O) groups is 2. The summed E-state index contributed by atoms with van der Waals surface area (Å²) in [6.45, 7) is 0. The Morgan fingerprint density at radius 3 is 2.59 bits per heavy atom. The second-order valence-corrected chi connectivity index (χ2v) is 6.35. The van der Waals surface area contributed by atoms with Crippen molar-refractivity contribution in [2.45, 2.75) is 25.7 Å². The van der Waals surface area contributed by atoms with Gasteiger partial charge in [0.15, 0.2) is 0 Å². The lowest BCUT2D eigenvalue weighted by atomic mass is 10.0. The van der Waals surface area contributed by atoms with E-state index < -0.39 is 0 Å². The van der Waals surface area contributed by atoms with Gasteiger partial charge in [0.25, 0.3) is 11.1 Å². The molecule has 0 bridgehead atoms. The van der Waals surface area contributed by atoms with Gasteiger partial charge in [-0.05, 0) is 53.8 Å². The number of aryl methyl sites for hydroxylation is 1. The summed E-state index contributed by atoms with van der Waals surface area (Å²) in [5.41, 5.74) is 1.34. The van der Waals surface area contributed by atoms with Crippen LogP contribution < -0.4 is 5.32 Å². The van der Waals surface area contributed by atoms with Crippen LogP contribution in [0.5, 0.6) is 0 Å². The molecule has 0 aromatic heterocycles. The maximum atomic E-state index is 11.4. The van der Waals surface area contributed by atoms with Gasteiger partial charge in [-0.3, -0.25) is 14.9 Å². The van der Waals surface area contributed by atoms with Gasteiger partial charge in [-0.25, -0.2) is 0 Å². The lowest BCUT2D eigenvalue weighted by Crippen LogP contribution is -2.17. The molecule has 112 valence electrons. The SMILES string of the molecule is O=C1NC(=O)C(=CCCCCc2ccc3ccccc3c2)S1. The normalized spacial score (nSPS) is 16.5. The van der Waals surface area contributed by atoms with Gasteiger partial charge in [-0.2, -0.15) is 0 Å². The summed E-state index contributed by atoms with van der Waals surface area (Å²) in [7, 11) is 0. The number of carbonyl (C=O) groups excluding carboxylic acids is 2. The van der Waals surface area contributed by atoms with E-state index in [0.29, 0.717) is 4.91 Å². The Bertz CT molecular complexity index is 752. The Morgan fingerprint density at radius 2 is 1.82 bits per heavy atom. The Hall–Kier alpha value is -2.07. The van der Waals surface area contributed by atoms with E-state index in [4.69, 9.17) is 0 Å². The zero-order valence-corrected chi connectivity index (χ0v) is 13.0. The molecule has 1 aliphatic rings. The fraction of sp³-hybridized carbons (Fsp3) is 0.222. The molecule has 1 saturated heterocycles. The first-order valence-electron chi connectivity index (χ1n) is 7.43. The highest BCUT2D eigenvalue weighted by molar-refractivity contribution is 8.18. The van der Waals surface area contributed by atoms with E-state index in [2.05, 4.69) is 47.8 Å². The number of amides is 2. The van der Waals surface area contributed by atoms with Gasteiger partial charge in [0.05, 0.1) is 4.91 Å². The Balaban J connectivity index is 1.49. The molecule has 3 rings (SSSR count). The van der Waals surface area contributed by atoms with Gasteiger partial charge >= 0.3 is 0 Å². The van der Waals surface area contributed by atoms with Crippen LogP contribution >= 0.6 is 11.8 Å². The topological polar surface area (TPSA) is 46.2 Å². The second-order valence-electron chi connectivity index (χ2n) is 5.34. The summed E-state index contributed by atoms with van der Waals surface area (Å²) < 4.78 is 0. The average molecular weight is 311 g/mol. The first-order chi connectivity index (χ1) is 10.7. The maximum Gasteiger partial charge on any atom is 0.290 e. The van der Waals surface area contributed by atoms with Crippen LogP contribution in [0.2, 0.25) is 0 Å². The van der Waals surface area contributed by atoms with Crippen LogP contribution in [0, 0.1) is 0 Å². The van der Waals surface area contributed by atoms with Crippen molar-refractivity contribution in [3.8, 4) is 0 Å². The van der Waals surface area contributed by atoms with Crippen LogP contribution in [-0.4, -0.2) is 11.1 Å². The predicted octanol–water partition coefficient (Wildman–Crippen LogP) is 4.42. The summed E-state index contributed by atoms with van der Waals surface area (Å²) in [6, 6.07) is 15.0. The quantitative estimate of drug-likeness (QED) is 0.657. The Kier molecular flexibility index (Phi) is 4.59. The zero-order chi connectivity index (χ0) is 15.4. The van der Waals surface area contributed by atoms with Crippen molar-refractivity contribution in [2.75, 3.05) is 0 Å². The summed E-state index contributed by atoms with van der Waals surface area (Å²) in [4.78, 5) is 22.9. The summed E-state index contributed by atoms with van der Waals surface area (Å²) in [5.74, 6) is -0.260. The molecule has 1 N–H and O–H groups in total. The predicted molar refractivity (Wildman–Crippen MR) is 90.7 cm³/mol. The van der Waals surface area contributed by atoms with Gasteiger partial charge < -0.3 is 0 Å². The molecule has 4 heteroatoms. The molecule has 0 saturated carbocycles. The molecule has 2 amide bonds. The highest BCUT2D eigenvalue weighted by Crippen LogP contribution is 2.24. The van der Waals surface area contributed by atoms with E-state index in [-0.39, 0.29) is 11.1 Å². The lowest BCUT2D eigenvalue weighted by molar-refractivity contribution is -0.115. The number of fused-ring (bicyclic) bond motifs is 1.